The minimum Gasteiger partial charge on any atom is -0.348 e. The molecule has 0 aliphatic carbocycles. The van der Waals surface area contributed by atoms with Gasteiger partial charge in [-0.3, -0.25) is 0 Å². The highest BCUT2D eigenvalue weighted by atomic mass is 32.2. The van der Waals surface area contributed by atoms with Gasteiger partial charge in [0.15, 0.2) is 0 Å². The smallest absolute Gasteiger partial charge is 0.263 e. The van der Waals surface area contributed by atoms with Crippen LogP contribution in [0.15, 0.2) is 33.7 Å². The number of nitrogens with zero attached hydrogens (tertiary/aromatic N) is 2. The summed E-state index contributed by atoms with van der Waals surface area (Å²) in [5.41, 5.74) is 0.590. The standard InChI is InChI=1S/C14H20N4O3S/c1-14(2,3)12-17-13(18-21-12)16-9-10-6-5-7-11(8-10)22(19,20)15-4/h5-8,15H,9H2,1-4H3,(H,16,18). The Hall–Kier alpha value is -1.93. The van der Waals surface area contributed by atoms with Gasteiger partial charge in [-0.15, -0.1) is 0 Å². The van der Waals surface area contributed by atoms with Gasteiger partial charge in [0.05, 0.1) is 4.90 Å². The molecule has 0 radical (unpaired) electrons. The van der Waals surface area contributed by atoms with E-state index in [0.717, 1.165) is 5.56 Å². The molecule has 0 spiro atoms. The summed E-state index contributed by atoms with van der Waals surface area (Å²) in [6.45, 7) is 6.35. The van der Waals surface area contributed by atoms with E-state index in [9.17, 15) is 8.42 Å². The maximum absolute atomic E-state index is 11.8. The summed E-state index contributed by atoms with van der Waals surface area (Å²) >= 11 is 0. The Labute approximate surface area is 130 Å². The van der Waals surface area contributed by atoms with E-state index in [-0.39, 0.29) is 10.3 Å². The number of sulfonamides is 1. The second kappa shape index (κ2) is 6.05. The van der Waals surface area contributed by atoms with E-state index >= 15 is 0 Å². The second-order valence-electron chi connectivity index (χ2n) is 5.88. The Morgan fingerprint density at radius 3 is 2.59 bits per heavy atom. The largest absolute Gasteiger partial charge is 0.348 e. The zero-order valence-corrected chi connectivity index (χ0v) is 13.9. The summed E-state index contributed by atoms with van der Waals surface area (Å²) in [6, 6.07) is 6.66. The molecule has 2 aromatic rings. The Kier molecular flexibility index (Phi) is 4.52. The van der Waals surface area contributed by atoms with E-state index in [4.69, 9.17) is 4.52 Å². The van der Waals surface area contributed by atoms with Crippen molar-refractivity contribution in [2.45, 2.75) is 37.6 Å². The molecule has 0 saturated heterocycles. The number of aromatic nitrogens is 2. The first-order chi connectivity index (χ1) is 10.2. The van der Waals surface area contributed by atoms with Gasteiger partial charge in [0.1, 0.15) is 0 Å². The highest BCUT2D eigenvalue weighted by molar-refractivity contribution is 7.89. The normalized spacial score (nSPS) is 12.4. The van der Waals surface area contributed by atoms with Crippen molar-refractivity contribution in [2.75, 3.05) is 12.4 Å². The lowest BCUT2D eigenvalue weighted by Gasteiger charge is -2.10. The molecule has 0 atom stereocenters. The van der Waals surface area contributed by atoms with Crippen LogP contribution in [0, 0.1) is 0 Å². The van der Waals surface area contributed by atoms with Crippen LogP contribution in [-0.2, 0) is 22.0 Å². The Bertz CT molecular complexity index is 747. The van der Waals surface area contributed by atoms with Crippen molar-refractivity contribution in [3.63, 3.8) is 0 Å². The third-order valence-electron chi connectivity index (χ3n) is 3.00. The van der Waals surface area contributed by atoms with Gasteiger partial charge in [0, 0.05) is 12.0 Å². The monoisotopic (exact) mass is 324 g/mol. The first-order valence-corrected chi connectivity index (χ1v) is 8.31. The summed E-state index contributed by atoms with van der Waals surface area (Å²) < 4.78 is 31.0. The Morgan fingerprint density at radius 1 is 1.27 bits per heavy atom. The van der Waals surface area contributed by atoms with Crippen LogP contribution in [0.2, 0.25) is 0 Å². The number of anilines is 1. The highest BCUT2D eigenvalue weighted by Crippen LogP contribution is 2.21. The number of hydrogen-bond donors (Lipinski definition) is 2. The van der Waals surface area contributed by atoms with Crippen LogP contribution in [0.25, 0.3) is 0 Å². The fraction of sp³-hybridized carbons (Fsp3) is 0.429. The van der Waals surface area contributed by atoms with Gasteiger partial charge in [0.25, 0.3) is 5.95 Å². The SMILES string of the molecule is CNS(=O)(=O)c1cccc(CNc2noc(C(C)(C)C)n2)c1. The molecule has 7 nitrogen and oxygen atoms in total. The molecule has 0 aliphatic rings. The minimum atomic E-state index is -3.45. The van der Waals surface area contributed by atoms with Crippen molar-refractivity contribution in [3.8, 4) is 0 Å². The molecule has 22 heavy (non-hydrogen) atoms. The van der Waals surface area contributed by atoms with Crippen molar-refractivity contribution in [2.24, 2.45) is 0 Å². The lowest BCUT2D eigenvalue weighted by atomic mass is 9.97. The molecule has 0 bridgehead atoms. The maximum Gasteiger partial charge on any atom is 0.263 e. The quantitative estimate of drug-likeness (QED) is 0.871. The van der Waals surface area contributed by atoms with Gasteiger partial charge in [-0.1, -0.05) is 32.9 Å². The summed E-state index contributed by atoms with van der Waals surface area (Å²) in [4.78, 5) is 4.48. The lowest BCUT2D eigenvalue weighted by molar-refractivity contribution is 0.321. The van der Waals surface area contributed by atoms with Crippen molar-refractivity contribution in [1.82, 2.24) is 14.9 Å². The average molecular weight is 324 g/mol. The van der Waals surface area contributed by atoms with Crippen molar-refractivity contribution in [1.29, 1.82) is 0 Å². The van der Waals surface area contributed by atoms with E-state index in [2.05, 4.69) is 20.2 Å². The number of rotatable bonds is 5. The fourth-order valence-corrected chi connectivity index (χ4v) is 2.52. The Morgan fingerprint density at radius 2 is 2.00 bits per heavy atom. The van der Waals surface area contributed by atoms with Gasteiger partial charge in [-0.05, 0) is 29.9 Å². The van der Waals surface area contributed by atoms with E-state index in [1.165, 1.54) is 7.05 Å². The highest BCUT2D eigenvalue weighted by Gasteiger charge is 2.21. The molecule has 0 fully saturated rings. The van der Waals surface area contributed by atoms with Crippen LogP contribution in [0.1, 0.15) is 32.2 Å². The zero-order valence-electron chi connectivity index (χ0n) is 13.0. The van der Waals surface area contributed by atoms with E-state index in [1.807, 2.05) is 26.8 Å². The summed E-state index contributed by atoms with van der Waals surface area (Å²) in [5.74, 6) is 0.924. The molecule has 2 N–H and O–H groups in total. The van der Waals surface area contributed by atoms with E-state index < -0.39 is 10.0 Å². The van der Waals surface area contributed by atoms with Gasteiger partial charge < -0.3 is 9.84 Å². The molecule has 0 saturated carbocycles. The molecule has 1 aromatic carbocycles. The van der Waals surface area contributed by atoms with Crippen LogP contribution in [0.3, 0.4) is 0 Å². The molecule has 0 amide bonds. The predicted octanol–water partition coefficient (Wildman–Crippen LogP) is 1.89. The molecule has 1 heterocycles. The van der Waals surface area contributed by atoms with E-state index in [0.29, 0.717) is 18.4 Å². The summed E-state index contributed by atoms with van der Waals surface area (Å²) in [6.07, 6.45) is 0. The predicted molar refractivity (Wildman–Crippen MR) is 83.0 cm³/mol. The van der Waals surface area contributed by atoms with Gasteiger partial charge >= 0.3 is 0 Å². The maximum atomic E-state index is 11.8. The van der Waals surface area contributed by atoms with Crippen molar-refractivity contribution in [3.05, 3.63) is 35.7 Å². The van der Waals surface area contributed by atoms with Crippen molar-refractivity contribution < 1.29 is 12.9 Å². The fourth-order valence-electron chi connectivity index (χ4n) is 1.72. The van der Waals surface area contributed by atoms with Crippen LogP contribution in [0.4, 0.5) is 5.95 Å². The molecule has 2 rings (SSSR count). The third kappa shape index (κ3) is 3.83. The molecule has 8 heteroatoms. The molecule has 0 aliphatic heterocycles. The first-order valence-electron chi connectivity index (χ1n) is 6.83. The minimum absolute atomic E-state index is 0.215. The van der Waals surface area contributed by atoms with Crippen LogP contribution in [-0.4, -0.2) is 25.6 Å². The molecule has 0 unspecified atom stereocenters. The van der Waals surface area contributed by atoms with Crippen molar-refractivity contribution >= 4 is 16.0 Å². The van der Waals surface area contributed by atoms with Gasteiger partial charge in [-0.2, -0.15) is 4.98 Å². The van der Waals surface area contributed by atoms with Gasteiger partial charge in [-0.25, -0.2) is 13.1 Å². The Balaban J connectivity index is 2.09. The second-order valence-corrected chi connectivity index (χ2v) is 7.77. The van der Waals surface area contributed by atoms with Crippen LogP contribution < -0.4 is 10.0 Å². The first kappa shape index (κ1) is 16.4. The zero-order chi connectivity index (χ0) is 16.4. The molecule has 1 aromatic heterocycles. The lowest BCUT2D eigenvalue weighted by Crippen LogP contribution is -2.18. The summed E-state index contributed by atoms with van der Waals surface area (Å²) in [7, 11) is -2.06. The molecular formula is C14H20N4O3S. The van der Waals surface area contributed by atoms with Gasteiger partial charge in [0.2, 0.25) is 15.9 Å². The molecule has 120 valence electrons. The average Bonchev–Trinajstić information content (AvgIpc) is 2.94. The molecular weight excluding hydrogens is 304 g/mol. The van der Waals surface area contributed by atoms with Crippen LogP contribution in [0.5, 0.6) is 0 Å². The van der Waals surface area contributed by atoms with Crippen LogP contribution >= 0.6 is 0 Å². The van der Waals surface area contributed by atoms with E-state index in [1.54, 1.807) is 18.2 Å². The summed E-state index contributed by atoms with van der Waals surface area (Å²) in [5, 5.41) is 6.88. The topological polar surface area (TPSA) is 97.1 Å². The number of hydrogen-bond acceptors (Lipinski definition) is 6. The third-order valence-corrected chi connectivity index (χ3v) is 4.41. The number of benzene rings is 1. The number of nitrogens with one attached hydrogen (secondary N) is 2.